The van der Waals surface area contributed by atoms with Gasteiger partial charge in [-0.1, -0.05) is 0 Å². The van der Waals surface area contributed by atoms with Crippen LogP contribution in [-0.2, 0) is 17.7 Å². The minimum atomic E-state index is -0.284. The van der Waals surface area contributed by atoms with Crippen LogP contribution in [0.2, 0.25) is 0 Å². The molecule has 0 aromatic carbocycles. The van der Waals surface area contributed by atoms with Gasteiger partial charge in [0.25, 0.3) is 0 Å². The molecule has 17 heavy (non-hydrogen) atoms. The number of ether oxygens (including phenoxy) is 1. The molecule has 0 saturated carbocycles. The minimum absolute atomic E-state index is 0.284. The Bertz CT molecular complexity index is 397. The first kappa shape index (κ1) is 11.8. The quantitative estimate of drug-likeness (QED) is 0.764. The average molecular weight is 236 g/mol. The summed E-state index contributed by atoms with van der Waals surface area (Å²) in [5, 5.41) is 0. The number of hydrogen-bond donors (Lipinski definition) is 1. The standard InChI is InChI=1S/C11H16N4O2/c12-3-1-5-17-11(16)15-4-2-10-9(7-15)6-13-8-14-10/h6,8H,1-5,7,12H2. The fraction of sp³-hybridized carbons (Fsp3) is 0.545. The van der Waals surface area contributed by atoms with Gasteiger partial charge in [0.2, 0.25) is 0 Å². The molecule has 6 heteroatoms. The first-order valence-electron chi connectivity index (χ1n) is 5.71. The molecule has 0 fully saturated rings. The second kappa shape index (κ2) is 5.58. The highest BCUT2D eigenvalue weighted by molar-refractivity contribution is 5.68. The number of nitrogens with zero attached hydrogens (tertiary/aromatic N) is 3. The van der Waals surface area contributed by atoms with Crippen molar-refractivity contribution in [2.45, 2.75) is 19.4 Å². The highest BCUT2D eigenvalue weighted by atomic mass is 16.6. The number of carbonyl (C=O) groups is 1. The fourth-order valence-corrected chi connectivity index (χ4v) is 1.76. The Kier molecular flexibility index (Phi) is 3.87. The predicted octanol–water partition coefficient (Wildman–Crippen LogP) is 0.320. The van der Waals surface area contributed by atoms with Gasteiger partial charge in [0, 0.05) is 24.7 Å². The van der Waals surface area contributed by atoms with Crippen LogP contribution in [0.15, 0.2) is 12.5 Å². The summed E-state index contributed by atoms with van der Waals surface area (Å²) in [4.78, 5) is 21.5. The molecule has 1 aliphatic rings. The van der Waals surface area contributed by atoms with E-state index in [0.717, 1.165) is 17.7 Å². The molecule has 0 bridgehead atoms. The molecule has 1 aromatic heterocycles. The van der Waals surface area contributed by atoms with Gasteiger partial charge in [-0.05, 0) is 13.0 Å². The van der Waals surface area contributed by atoms with Gasteiger partial charge < -0.3 is 15.4 Å². The number of amides is 1. The van der Waals surface area contributed by atoms with Crippen LogP contribution in [0, 0.1) is 0 Å². The van der Waals surface area contributed by atoms with E-state index in [2.05, 4.69) is 9.97 Å². The number of fused-ring (bicyclic) bond motifs is 1. The summed E-state index contributed by atoms with van der Waals surface area (Å²) in [6.07, 6.45) is 4.45. The third-order valence-corrected chi connectivity index (χ3v) is 2.69. The maximum atomic E-state index is 11.7. The van der Waals surface area contributed by atoms with E-state index in [1.165, 1.54) is 6.33 Å². The molecule has 0 spiro atoms. The van der Waals surface area contributed by atoms with E-state index in [1.54, 1.807) is 11.1 Å². The molecule has 1 amide bonds. The van der Waals surface area contributed by atoms with Gasteiger partial charge in [0.05, 0.1) is 18.8 Å². The zero-order chi connectivity index (χ0) is 12.1. The maximum absolute atomic E-state index is 11.7. The Morgan fingerprint density at radius 1 is 1.59 bits per heavy atom. The van der Waals surface area contributed by atoms with Gasteiger partial charge >= 0.3 is 6.09 Å². The van der Waals surface area contributed by atoms with Crippen LogP contribution < -0.4 is 5.73 Å². The van der Waals surface area contributed by atoms with Gasteiger partial charge in [0.1, 0.15) is 6.33 Å². The first-order valence-corrected chi connectivity index (χ1v) is 5.71. The van der Waals surface area contributed by atoms with Gasteiger partial charge in [-0.15, -0.1) is 0 Å². The Hall–Kier alpha value is -1.69. The van der Waals surface area contributed by atoms with Crippen LogP contribution in [0.4, 0.5) is 4.79 Å². The van der Waals surface area contributed by atoms with Gasteiger partial charge in [-0.3, -0.25) is 0 Å². The van der Waals surface area contributed by atoms with Crippen LogP contribution >= 0.6 is 0 Å². The molecule has 2 heterocycles. The molecule has 1 aliphatic heterocycles. The number of rotatable bonds is 3. The summed E-state index contributed by atoms with van der Waals surface area (Å²) >= 11 is 0. The molecule has 0 aliphatic carbocycles. The predicted molar refractivity (Wildman–Crippen MR) is 61.2 cm³/mol. The van der Waals surface area contributed by atoms with Gasteiger partial charge in [-0.2, -0.15) is 0 Å². The van der Waals surface area contributed by atoms with Crippen LogP contribution in [0.3, 0.4) is 0 Å². The number of nitrogens with two attached hydrogens (primary N) is 1. The number of aromatic nitrogens is 2. The third kappa shape index (κ3) is 2.91. The van der Waals surface area contributed by atoms with Gasteiger partial charge in [-0.25, -0.2) is 14.8 Å². The van der Waals surface area contributed by atoms with Crippen molar-refractivity contribution in [2.75, 3.05) is 19.7 Å². The third-order valence-electron chi connectivity index (χ3n) is 2.69. The molecule has 2 rings (SSSR count). The summed E-state index contributed by atoms with van der Waals surface area (Å²) in [5.41, 5.74) is 7.35. The highest BCUT2D eigenvalue weighted by Crippen LogP contribution is 2.15. The molecule has 0 radical (unpaired) electrons. The first-order chi connectivity index (χ1) is 8.31. The van der Waals surface area contributed by atoms with Crippen molar-refractivity contribution in [3.8, 4) is 0 Å². The van der Waals surface area contributed by atoms with E-state index in [9.17, 15) is 4.79 Å². The summed E-state index contributed by atoms with van der Waals surface area (Å²) in [6, 6.07) is 0. The van der Waals surface area contributed by atoms with E-state index >= 15 is 0 Å². The lowest BCUT2D eigenvalue weighted by molar-refractivity contribution is 0.0970. The monoisotopic (exact) mass is 236 g/mol. The Morgan fingerprint density at radius 2 is 2.47 bits per heavy atom. The lowest BCUT2D eigenvalue weighted by atomic mass is 10.1. The largest absolute Gasteiger partial charge is 0.449 e. The Balaban J connectivity index is 1.91. The van der Waals surface area contributed by atoms with E-state index < -0.39 is 0 Å². The summed E-state index contributed by atoms with van der Waals surface area (Å²) in [7, 11) is 0. The fourth-order valence-electron chi connectivity index (χ4n) is 1.76. The van der Waals surface area contributed by atoms with Crippen LogP contribution in [0.25, 0.3) is 0 Å². The SMILES string of the molecule is NCCCOC(=O)N1CCc2ncncc2C1. The summed E-state index contributed by atoms with van der Waals surface area (Å²) < 4.78 is 5.10. The highest BCUT2D eigenvalue weighted by Gasteiger charge is 2.22. The van der Waals surface area contributed by atoms with Crippen LogP contribution in [0.1, 0.15) is 17.7 Å². The molecule has 92 valence electrons. The second-order valence-corrected chi connectivity index (χ2v) is 3.92. The lowest BCUT2D eigenvalue weighted by Crippen LogP contribution is -2.37. The van der Waals surface area contributed by atoms with E-state index in [-0.39, 0.29) is 6.09 Å². The second-order valence-electron chi connectivity index (χ2n) is 3.92. The average Bonchev–Trinajstić information content (AvgIpc) is 2.38. The molecular formula is C11H16N4O2. The van der Waals surface area contributed by atoms with Crippen molar-refractivity contribution in [1.29, 1.82) is 0 Å². The molecule has 0 atom stereocenters. The van der Waals surface area contributed by atoms with E-state index in [4.69, 9.17) is 10.5 Å². The molecule has 2 N–H and O–H groups in total. The smallest absolute Gasteiger partial charge is 0.410 e. The van der Waals surface area contributed by atoms with E-state index in [0.29, 0.717) is 32.7 Å². The van der Waals surface area contributed by atoms with Gasteiger partial charge in [0.15, 0.2) is 0 Å². The zero-order valence-electron chi connectivity index (χ0n) is 9.63. The van der Waals surface area contributed by atoms with Crippen molar-refractivity contribution in [2.24, 2.45) is 5.73 Å². The number of hydrogen-bond acceptors (Lipinski definition) is 5. The van der Waals surface area contributed by atoms with Crippen molar-refractivity contribution in [3.05, 3.63) is 23.8 Å². The molecule has 6 nitrogen and oxygen atoms in total. The summed E-state index contributed by atoms with van der Waals surface area (Å²) in [5.74, 6) is 0. The van der Waals surface area contributed by atoms with Crippen molar-refractivity contribution < 1.29 is 9.53 Å². The van der Waals surface area contributed by atoms with Crippen molar-refractivity contribution in [1.82, 2.24) is 14.9 Å². The van der Waals surface area contributed by atoms with Crippen molar-refractivity contribution >= 4 is 6.09 Å². The normalized spacial score (nSPS) is 14.3. The number of carbonyl (C=O) groups excluding carboxylic acids is 1. The maximum Gasteiger partial charge on any atom is 0.410 e. The van der Waals surface area contributed by atoms with E-state index in [1.807, 2.05) is 0 Å². The molecular weight excluding hydrogens is 220 g/mol. The molecule has 0 unspecified atom stereocenters. The van der Waals surface area contributed by atoms with Crippen molar-refractivity contribution in [3.63, 3.8) is 0 Å². The topological polar surface area (TPSA) is 81.3 Å². The zero-order valence-corrected chi connectivity index (χ0v) is 9.63. The molecule has 0 saturated heterocycles. The van der Waals surface area contributed by atoms with Crippen LogP contribution in [0.5, 0.6) is 0 Å². The lowest BCUT2D eigenvalue weighted by Gasteiger charge is -2.26. The minimum Gasteiger partial charge on any atom is -0.449 e. The van der Waals surface area contributed by atoms with Crippen LogP contribution in [-0.4, -0.2) is 40.7 Å². The summed E-state index contributed by atoms with van der Waals surface area (Å²) in [6.45, 7) is 2.08. The Labute approximate surface area is 99.8 Å². The Morgan fingerprint density at radius 3 is 3.29 bits per heavy atom. The molecule has 1 aromatic rings.